The summed E-state index contributed by atoms with van der Waals surface area (Å²) in [4.78, 5) is 0. The van der Waals surface area contributed by atoms with Crippen LogP contribution < -0.4 is 0 Å². The molecule has 2 aromatic rings. The standard InChI is InChI=1S/C20H22O5/c1-13-7-6-10-16(11-13)20(23,14(2)21)18-17(22)12-24-19(25-18)15-8-4-3-5-9-15/h3-11,14,17-19,21-23H,1-2,12H2/t14-,17+,18+,19+,20-/m0/s1. The van der Waals surface area contributed by atoms with Crippen molar-refractivity contribution in [3.63, 3.8) is 0 Å². The quantitative estimate of drug-likeness (QED) is 0.789. The van der Waals surface area contributed by atoms with Gasteiger partial charge in [0.05, 0.1) is 12.7 Å². The van der Waals surface area contributed by atoms with Gasteiger partial charge in [0, 0.05) is 5.56 Å². The fourth-order valence-corrected chi connectivity index (χ4v) is 3.09. The normalized spacial score (nSPS) is 27.5. The number of ether oxygens (including phenoxy) is 2. The summed E-state index contributed by atoms with van der Waals surface area (Å²) >= 11 is 0. The molecule has 2 aromatic carbocycles. The molecule has 0 saturated carbocycles. The van der Waals surface area contributed by atoms with Gasteiger partial charge in [-0.3, -0.25) is 0 Å². The average Bonchev–Trinajstić information content (AvgIpc) is 2.62. The summed E-state index contributed by atoms with van der Waals surface area (Å²) in [5.41, 5.74) is -0.117. The van der Waals surface area contributed by atoms with Gasteiger partial charge in [-0.25, -0.2) is 0 Å². The molecule has 1 fully saturated rings. The molecule has 1 aliphatic heterocycles. The Morgan fingerprint density at radius 2 is 1.84 bits per heavy atom. The van der Waals surface area contributed by atoms with Crippen molar-refractivity contribution in [3.05, 3.63) is 85.1 Å². The number of rotatable bonds is 4. The Bertz CT molecular complexity index is 702. The van der Waals surface area contributed by atoms with Crippen molar-refractivity contribution in [3.8, 4) is 0 Å². The Hall–Kier alpha value is -1.76. The van der Waals surface area contributed by atoms with Gasteiger partial charge in [-0.2, -0.15) is 0 Å². The minimum absolute atomic E-state index is 0.0384. The van der Waals surface area contributed by atoms with Crippen LogP contribution in [-0.2, 0) is 15.1 Å². The molecule has 5 atom stereocenters. The van der Waals surface area contributed by atoms with Crippen molar-refractivity contribution in [2.75, 3.05) is 6.61 Å². The Labute approximate surface area is 147 Å². The highest BCUT2D eigenvalue weighted by Gasteiger charge is 2.50. The van der Waals surface area contributed by atoms with Crippen molar-refractivity contribution in [2.24, 2.45) is 0 Å². The minimum atomic E-state index is -1.91. The number of aliphatic hydroxyl groups excluding tert-OH is 2. The lowest BCUT2D eigenvalue weighted by atomic mass is 9.80. The maximum Gasteiger partial charge on any atom is 0.184 e. The van der Waals surface area contributed by atoms with Crippen molar-refractivity contribution in [1.82, 2.24) is 0 Å². The highest BCUT2D eigenvalue weighted by molar-refractivity contribution is 5.33. The molecule has 1 aliphatic rings. The monoisotopic (exact) mass is 342 g/mol. The van der Waals surface area contributed by atoms with Crippen LogP contribution >= 0.6 is 0 Å². The fraction of sp³-hybridized carbons (Fsp3) is 0.300. The van der Waals surface area contributed by atoms with Crippen LogP contribution in [0.25, 0.3) is 0 Å². The second kappa shape index (κ2) is 7.23. The van der Waals surface area contributed by atoms with Crippen LogP contribution in [0, 0.1) is 13.8 Å². The summed E-state index contributed by atoms with van der Waals surface area (Å²) < 4.78 is 11.4. The summed E-state index contributed by atoms with van der Waals surface area (Å²) in [6.07, 6.45) is -4.44. The first kappa shape index (κ1) is 18.0. The number of benzene rings is 2. The number of aliphatic hydroxyl groups is 3. The van der Waals surface area contributed by atoms with Crippen LogP contribution in [0.3, 0.4) is 0 Å². The summed E-state index contributed by atoms with van der Waals surface area (Å²) in [6, 6.07) is 16.0. The van der Waals surface area contributed by atoms with E-state index in [0.29, 0.717) is 11.1 Å². The summed E-state index contributed by atoms with van der Waals surface area (Å²) in [6.45, 7) is 7.38. The third kappa shape index (κ3) is 3.47. The van der Waals surface area contributed by atoms with Crippen molar-refractivity contribution >= 4 is 0 Å². The molecule has 1 saturated heterocycles. The zero-order chi connectivity index (χ0) is 18.0. The second-order valence-electron chi connectivity index (χ2n) is 6.24. The minimum Gasteiger partial charge on any atom is -0.390 e. The van der Waals surface area contributed by atoms with E-state index in [2.05, 4.69) is 13.8 Å². The molecule has 0 spiro atoms. The van der Waals surface area contributed by atoms with Crippen molar-refractivity contribution in [1.29, 1.82) is 0 Å². The van der Waals surface area contributed by atoms with Crippen molar-refractivity contribution < 1.29 is 24.8 Å². The Kier molecular flexibility index (Phi) is 5.22. The first-order valence-corrected chi connectivity index (χ1v) is 8.09. The predicted octanol–water partition coefficient (Wildman–Crippen LogP) is 1.73. The lowest BCUT2D eigenvalue weighted by Gasteiger charge is -2.45. The first-order chi connectivity index (χ1) is 11.9. The van der Waals surface area contributed by atoms with Gasteiger partial charge < -0.3 is 24.8 Å². The summed E-state index contributed by atoms with van der Waals surface area (Å²) in [7, 11) is 0. The van der Waals surface area contributed by atoms with Crippen LogP contribution in [0.2, 0.25) is 0 Å². The van der Waals surface area contributed by atoms with Gasteiger partial charge in [0.15, 0.2) is 6.29 Å². The molecule has 0 aliphatic carbocycles. The SMILES string of the molecule is [CH2]c1cccc([C@@](O)([C@H]([CH2])O)[C@@H]2O[C@H](c3ccccc3)OC[C@H]2O)c1. The maximum atomic E-state index is 11.3. The molecular weight excluding hydrogens is 320 g/mol. The van der Waals surface area contributed by atoms with E-state index < -0.39 is 30.2 Å². The molecule has 0 bridgehead atoms. The van der Waals surface area contributed by atoms with E-state index in [0.717, 1.165) is 5.56 Å². The van der Waals surface area contributed by atoms with Crippen molar-refractivity contribution in [2.45, 2.75) is 30.2 Å². The van der Waals surface area contributed by atoms with Gasteiger partial charge in [-0.1, -0.05) is 54.6 Å². The summed E-state index contributed by atoms with van der Waals surface area (Å²) in [5, 5.41) is 31.9. The maximum absolute atomic E-state index is 11.3. The van der Waals surface area contributed by atoms with Gasteiger partial charge in [0.25, 0.3) is 0 Å². The second-order valence-corrected chi connectivity index (χ2v) is 6.24. The van der Waals surface area contributed by atoms with E-state index in [1.165, 1.54) is 0 Å². The zero-order valence-electron chi connectivity index (χ0n) is 13.8. The van der Waals surface area contributed by atoms with Crippen LogP contribution in [-0.4, -0.2) is 40.2 Å². The number of hydrogen-bond acceptors (Lipinski definition) is 5. The van der Waals surface area contributed by atoms with E-state index in [1.54, 1.807) is 24.3 Å². The van der Waals surface area contributed by atoms with E-state index in [4.69, 9.17) is 9.47 Å². The third-order valence-electron chi connectivity index (χ3n) is 4.44. The fourth-order valence-electron chi connectivity index (χ4n) is 3.09. The van der Waals surface area contributed by atoms with E-state index in [1.807, 2.05) is 30.3 Å². The molecule has 3 N–H and O–H groups in total. The van der Waals surface area contributed by atoms with E-state index in [9.17, 15) is 15.3 Å². The van der Waals surface area contributed by atoms with E-state index >= 15 is 0 Å². The molecule has 0 aromatic heterocycles. The molecule has 1 heterocycles. The molecular formula is C20H22O5. The molecule has 5 nitrogen and oxygen atoms in total. The topological polar surface area (TPSA) is 79.2 Å². The lowest BCUT2D eigenvalue weighted by Crippen LogP contribution is -2.58. The van der Waals surface area contributed by atoms with Crippen LogP contribution in [0.5, 0.6) is 0 Å². The molecule has 3 rings (SSSR count). The highest BCUT2D eigenvalue weighted by atomic mass is 16.7. The molecule has 5 heteroatoms. The zero-order valence-corrected chi connectivity index (χ0v) is 13.8. The Morgan fingerprint density at radius 1 is 1.12 bits per heavy atom. The lowest BCUT2D eigenvalue weighted by molar-refractivity contribution is -0.308. The van der Waals surface area contributed by atoms with Gasteiger partial charge in [0.1, 0.15) is 17.8 Å². The Morgan fingerprint density at radius 3 is 2.48 bits per heavy atom. The van der Waals surface area contributed by atoms with Crippen LogP contribution in [0.15, 0.2) is 54.6 Å². The average molecular weight is 342 g/mol. The van der Waals surface area contributed by atoms with Crippen LogP contribution in [0.1, 0.15) is 23.0 Å². The van der Waals surface area contributed by atoms with Gasteiger partial charge >= 0.3 is 0 Å². The molecule has 0 unspecified atom stereocenters. The third-order valence-corrected chi connectivity index (χ3v) is 4.44. The molecule has 132 valence electrons. The van der Waals surface area contributed by atoms with Crippen LogP contribution in [0.4, 0.5) is 0 Å². The van der Waals surface area contributed by atoms with E-state index in [-0.39, 0.29) is 6.61 Å². The molecule has 2 radical (unpaired) electrons. The smallest absolute Gasteiger partial charge is 0.184 e. The predicted molar refractivity (Wildman–Crippen MR) is 92.2 cm³/mol. The Balaban J connectivity index is 1.97. The first-order valence-electron chi connectivity index (χ1n) is 8.09. The van der Waals surface area contributed by atoms with Gasteiger partial charge in [-0.15, -0.1) is 0 Å². The highest BCUT2D eigenvalue weighted by Crippen LogP contribution is 2.39. The molecule has 0 amide bonds. The van der Waals surface area contributed by atoms with Gasteiger partial charge in [0.2, 0.25) is 0 Å². The molecule has 25 heavy (non-hydrogen) atoms. The largest absolute Gasteiger partial charge is 0.390 e. The number of hydrogen-bond donors (Lipinski definition) is 3. The van der Waals surface area contributed by atoms with Gasteiger partial charge in [-0.05, 0) is 25.0 Å². The summed E-state index contributed by atoms with van der Waals surface area (Å²) in [5.74, 6) is 0.